The molecule has 4 heterocycles. The summed E-state index contributed by atoms with van der Waals surface area (Å²) >= 11 is 0. The standard InChI is InChI=1S/C20H25N3O3.2C2HF3O2/c1-24-19-16(5-4-9-22-19)12-23-10-7-20(15-23)11-18(14-26-20)25-13-17-6-2-3-8-21-17;2*3-2(4,5)1(6)7/h2-6,8-9,18H,7,10-15H2,1H3;2*(H,6,7)/t18-,20-;;/m0../s1. The topological polar surface area (TPSA) is 131 Å². The number of pyridine rings is 2. The molecule has 2 fully saturated rings. The van der Waals surface area contributed by atoms with E-state index in [1.54, 1.807) is 19.5 Å². The second-order valence-corrected chi connectivity index (χ2v) is 8.69. The summed E-state index contributed by atoms with van der Waals surface area (Å²) in [6, 6.07) is 9.92. The Labute approximate surface area is 224 Å². The van der Waals surface area contributed by atoms with Crippen molar-refractivity contribution in [1.29, 1.82) is 0 Å². The second-order valence-electron chi connectivity index (χ2n) is 8.69. The smallest absolute Gasteiger partial charge is 0.481 e. The van der Waals surface area contributed by atoms with Gasteiger partial charge < -0.3 is 24.4 Å². The normalized spacial score (nSPS) is 20.7. The van der Waals surface area contributed by atoms with E-state index in [-0.39, 0.29) is 11.7 Å². The molecule has 0 bridgehead atoms. The Hall–Kier alpha value is -3.50. The van der Waals surface area contributed by atoms with Crippen LogP contribution in [0.15, 0.2) is 42.7 Å². The van der Waals surface area contributed by atoms with Gasteiger partial charge in [-0.1, -0.05) is 12.1 Å². The van der Waals surface area contributed by atoms with Crippen LogP contribution < -0.4 is 4.74 Å². The second kappa shape index (κ2) is 14.2. The molecule has 2 aliphatic rings. The Balaban J connectivity index is 0.000000333. The molecule has 10 nitrogen and oxygen atoms in total. The van der Waals surface area contributed by atoms with Gasteiger partial charge in [-0.05, 0) is 24.6 Å². The summed E-state index contributed by atoms with van der Waals surface area (Å²) in [6.07, 6.45) is -4.48. The number of ether oxygens (including phenoxy) is 3. The zero-order valence-electron chi connectivity index (χ0n) is 21.1. The van der Waals surface area contributed by atoms with Crippen LogP contribution in [0, 0.1) is 0 Å². The molecule has 40 heavy (non-hydrogen) atoms. The van der Waals surface area contributed by atoms with E-state index in [0.29, 0.717) is 19.1 Å². The average Bonchev–Trinajstić information content (AvgIpc) is 3.48. The molecule has 0 unspecified atom stereocenters. The van der Waals surface area contributed by atoms with Gasteiger partial charge in [-0.2, -0.15) is 26.3 Å². The molecular formula is C24H27F6N3O7. The highest BCUT2D eigenvalue weighted by molar-refractivity contribution is 5.73. The number of carboxylic acid groups (broad SMARTS) is 2. The maximum Gasteiger partial charge on any atom is 0.490 e. The summed E-state index contributed by atoms with van der Waals surface area (Å²) in [5.74, 6) is -4.81. The molecule has 2 aliphatic heterocycles. The molecule has 0 amide bonds. The minimum absolute atomic E-state index is 0.0791. The van der Waals surface area contributed by atoms with E-state index in [4.69, 9.17) is 34.0 Å². The molecule has 0 aliphatic carbocycles. The van der Waals surface area contributed by atoms with Crippen LogP contribution in [0.3, 0.4) is 0 Å². The summed E-state index contributed by atoms with van der Waals surface area (Å²) in [7, 11) is 1.67. The predicted octanol–water partition coefficient (Wildman–Crippen LogP) is 3.70. The molecule has 2 aromatic heterocycles. The van der Waals surface area contributed by atoms with Gasteiger partial charge in [-0.25, -0.2) is 14.6 Å². The van der Waals surface area contributed by atoms with Crippen molar-refractivity contribution in [3.05, 3.63) is 54.0 Å². The lowest BCUT2D eigenvalue weighted by Gasteiger charge is -2.23. The summed E-state index contributed by atoms with van der Waals surface area (Å²) in [5.41, 5.74) is 2.00. The van der Waals surface area contributed by atoms with Crippen molar-refractivity contribution < 1.29 is 60.4 Å². The lowest BCUT2D eigenvalue weighted by atomic mass is 9.98. The first-order valence-corrected chi connectivity index (χ1v) is 11.6. The number of hydrogen-bond donors (Lipinski definition) is 2. The van der Waals surface area contributed by atoms with Crippen molar-refractivity contribution in [2.75, 3.05) is 26.8 Å². The highest BCUT2D eigenvalue weighted by Gasteiger charge is 2.46. The quantitative estimate of drug-likeness (QED) is 0.486. The van der Waals surface area contributed by atoms with Gasteiger partial charge in [0.25, 0.3) is 0 Å². The molecule has 2 atom stereocenters. The van der Waals surface area contributed by atoms with E-state index < -0.39 is 24.3 Å². The molecule has 4 rings (SSSR count). The summed E-state index contributed by atoms with van der Waals surface area (Å²) < 4.78 is 81.1. The third-order valence-electron chi connectivity index (χ3n) is 5.69. The average molecular weight is 583 g/mol. The van der Waals surface area contributed by atoms with E-state index >= 15 is 0 Å². The summed E-state index contributed by atoms with van der Waals surface area (Å²) in [6.45, 7) is 3.99. The van der Waals surface area contributed by atoms with Crippen molar-refractivity contribution in [1.82, 2.24) is 14.9 Å². The van der Waals surface area contributed by atoms with Crippen LogP contribution in [0.5, 0.6) is 5.88 Å². The molecule has 0 radical (unpaired) electrons. The number of methoxy groups -OCH3 is 1. The fourth-order valence-electron chi connectivity index (χ4n) is 3.91. The van der Waals surface area contributed by atoms with Crippen LogP contribution in [0.2, 0.25) is 0 Å². The lowest BCUT2D eigenvalue weighted by Crippen LogP contribution is -2.33. The van der Waals surface area contributed by atoms with Crippen LogP contribution in [0.25, 0.3) is 0 Å². The van der Waals surface area contributed by atoms with Crippen LogP contribution in [0.4, 0.5) is 26.3 Å². The van der Waals surface area contributed by atoms with E-state index in [1.807, 2.05) is 24.3 Å². The first-order chi connectivity index (χ1) is 18.6. The molecule has 2 N–H and O–H groups in total. The highest BCUT2D eigenvalue weighted by Crippen LogP contribution is 2.37. The monoisotopic (exact) mass is 583 g/mol. The van der Waals surface area contributed by atoms with Gasteiger partial charge in [0.2, 0.25) is 5.88 Å². The fraction of sp³-hybridized carbons (Fsp3) is 0.500. The fourth-order valence-corrected chi connectivity index (χ4v) is 3.91. The van der Waals surface area contributed by atoms with Crippen LogP contribution in [-0.4, -0.2) is 87.9 Å². The molecule has 0 saturated carbocycles. The number of carbonyl (C=O) groups is 2. The Morgan fingerprint density at radius 3 is 2.23 bits per heavy atom. The number of nitrogens with zero attached hydrogens (tertiary/aromatic N) is 3. The van der Waals surface area contributed by atoms with Gasteiger partial charge in [0.1, 0.15) is 0 Å². The highest BCUT2D eigenvalue weighted by atomic mass is 19.4. The Morgan fingerprint density at radius 2 is 1.68 bits per heavy atom. The van der Waals surface area contributed by atoms with Gasteiger partial charge in [0.05, 0.1) is 37.7 Å². The lowest BCUT2D eigenvalue weighted by molar-refractivity contribution is -0.193. The molecule has 2 aromatic rings. The SMILES string of the molecule is COc1ncccc1CN1CC[C@]2(C[C@H](OCc3ccccn3)CO2)C1.O=C(O)C(F)(F)F.O=C(O)C(F)(F)F. The predicted molar refractivity (Wildman–Crippen MR) is 124 cm³/mol. The van der Waals surface area contributed by atoms with Gasteiger partial charge in [-0.3, -0.25) is 9.88 Å². The van der Waals surface area contributed by atoms with Gasteiger partial charge >= 0.3 is 24.3 Å². The van der Waals surface area contributed by atoms with Crippen LogP contribution in [0.1, 0.15) is 24.1 Å². The first kappa shape index (κ1) is 32.7. The van der Waals surface area contributed by atoms with Crippen molar-refractivity contribution >= 4 is 11.9 Å². The Bertz CT molecular complexity index is 1080. The molecule has 1 spiro atoms. The van der Waals surface area contributed by atoms with Gasteiger partial charge in [-0.15, -0.1) is 0 Å². The minimum Gasteiger partial charge on any atom is -0.481 e. The van der Waals surface area contributed by atoms with Gasteiger partial charge in [0.15, 0.2) is 0 Å². The number of alkyl halides is 6. The molecular weight excluding hydrogens is 556 g/mol. The minimum atomic E-state index is -5.08. The van der Waals surface area contributed by atoms with Crippen molar-refractivity contribution in [3.63, 3.8) is 0 Å². The van der Waals surface area contributed by atoms with Crippen LogP contribution in [-0.2, 0) is 32.2 Å². The van der Waals surface area contributed by atoms with Crippen molar-refractivity contribution in [2.45, 2.75) is 50.1 Å². The van der Waals surface area contributed by atoms with Crippen molar-refractivity contribution in [2.24, 2.45) is 0 Å². The number of carboxylic acids is 2. The molecule has 2 saturated heterocycles. The zero-order chi connectivity index (χ0) is 30.0. The third-order valence-corrected chi connectivity index (χ3v) is 5.69. The van der Waals surface area contributed by atoms with E-state index in [0.717, 1.165) is 43.7 Å². The maximum absolute atomic E-state index is 10.6. The third kappa shape index (κ3) is 10.6. The van der Waals surface area contributed by atoms with Crippen LogP contribution >= 0.6 is 0 Å². The first-order valence-electron chi connectivity index (χ1n) is 11.6. The number of aromatic nitrogens is 2. The molecule has 222 valence electrons. The summed E-state index contributed by atoms with van der Waals surface area (Å²) in [5, 5.41) is 14.2. The zero-order valence-corrected chi connectivity index (χ0v) is 21.1. The Kier molecular flexibility index (Phi) is 11.6. The number of likely N-dealkylation sites (tertiary alicyclic amines) is 1. The van der Waals surface area contributed by atoms with Gasteiger partial charge in [0, 0.05) is 44.0 Å². The van der Waals surface area contributed by atoms with E-state index in [1.165, 1.54) is 0 Å². The Morgan fingerprint density at radius 1 is 1.05 bits per heavy atom. The number of halogens is 6. The molecule has 0 aromatic carbocycles. The number of hydrogen-bond acceptors (Lipinski definition) is 8. The van der Waals surface area contributed by atoms with Crippen molar-refractivity contribution in [3.8, 4) is 5.88 Å². The largest absolute Gasteiger partial charge is 0.490 e. The summed E-state index contributed by atoms with van der Waals surface area (Å²) in [4.78, 5) is 28.8. The van der Waals surface area contributed by atoms with E-state index in [9.17, 15) is 26.3 Å². The molecule has 16 heteroatoms. The van der Waals surface area contributed by atoms with E-state index in [2.05, 4.69) is 20.9 Å². The number of aliphatic carboxylic acids is 2. The maximum atomic E-state index is 10.6. The number of rotatable bonds is 6.